The lowest BCUT2D eigenvalue weighted by Crippen LogP contribution is -2.14. The molecule has 3 nitrogen and oxygen atoms in total. The van der Waals surface area contributed by atoms with Gasteiger partial charge in [0, 0.05) is 39.4 Å². The summed E-state index contributed by atoms with van der Waals surface area (Å²) in [4.78, 5) is 2.26. The first-order valence-electron chi connectivity index (χ1n) is 12.8. The number of nitrogens with zero attached hydrogens (tertiary/aromatic N) is 1. The highest BCUT2D eigenvalue weighted by Gasteiger charge is 2.13. The lowest BCUT2D eigenvalue weighted by atomic mass is 10.1. The van der Waals surface area contributed by atoms with Crippen molar-refractivity contribution >= 4 is 39.3 Å². The van der Waals surface area contributed by atoms with Crippen LogP contribution in [0.25, 0.3) is 16.5 Å². The van der Waals surface area contributed by atoms with Crippen LogP contribution in [0.2, 0.25) is 0 Å². The number of anilines is 4. The minimum absolute atomic E-state index is 0.802. The number of benzene rings is 4. The van der Waals surface area contributed by atoms with Crippen LogP contribution in [0, 0.1) is 13.8 Å². The van der Waals surface area contributed by atoms with Crippen molar-refractivity contribution in [3.05, 3.63) is 151 Å². The Balaban J connectivity index is 1.52. The zero-order valence-electron chi connectivity index (χ0n) is 22.1. The molecule has 0 aliphatic carbocycles. The molecular formula is C35H32N2O. The molecule has 0 bridgehead atoms. The summed E-state index contributed by atoms with van der Waals surface area (Å²) < 4.78 is 6.08. The molecule has 1 heterocycles. The van der Waals surface area contributed by atoms with E-state index >= 15 is 0 Å². The van der Waals surface area contributed by atoms with E-state index < -0.39 is 0 Å². The van der Waals surface area contributed by atoms with Crippen LogP contribution in [0.1, 0.15) is 23.8 Å². The van der Waals surface area contributed by atoms with E-state index in [1.54, 1.807) is 0 Å². The minimum Gasteiger partial charge on any atom is -0.456 e. The summed E-state index contributed by atoms with van der Waals surface area (Å²) in [6.45, 7) is 10.4. The lowest BCUT2D eigenvalue weighted by molar-refractivity contribution is 0.601. The lowest BCUT2D eigenvalue weighted by Gasteiger charge is -2.26. The molecule has 0 saturated carbocycles. The van der Waals surface area contributed by atoms with Crippen LogP contribution >= 0.6 is 0 Å². The fourth-order valence-electron chi connectivity index (χ4n) is 4.67. The predicted molar refractivity (Wildman–Crippen MR) is 162 cm³/mol. The van der Waals surface area contributed by atoms with Crippen LogP contribution in [0.15, 0.2) is 138 Å². The Labute approximate surface area is 225 Å². The third-order valence-electron chi connectivity index (χ3n) is 6.66. The molecular weight excluding hydrogens is 464 g/mol. The van der Waals surface area contributed by atoms with Gasteiger partial charge >= 0.3 is 0 Å². The number of allylic oxidation sites excluding steroid dienone is 5. The zero-order valence-corrected chi connectivity index (χ0v) is 22.1. The third-order valence-corrected chi connectivity index (χ3v) is 6.66. The molecule has 1 aromatic heterocycles. The molecule has 0 atom stereocenters. The van der Waals surface area contributed by atoms with Crippen LogP contribution in [-0.2, 0) is 0 Å². The SMILES string of the molecule is C=C/C(=C\C=C(/C)N(c1ccccc1)c1cccc(Nc2c(C)cccc2C)c1)c1cc2ccccc2o1. The summed E-state index contributed by atoms with van der Waals surface area (Å²) in [5.74, 6) is 0.802. The van der Waals surface area contributed by atoms with Crippen molar-refractivity contribution in [3.63, 3.8) is 0 Å². The van der Waals surface area contributed by atoms with E-state index in [2.05, 4.69) is 129 Å². The topological polar surface area (TPSA) is 28.4 Å². The maximum atomic E-state index is 6.08. The molecule has 0 aliphatic rings. The van der Waals surface area contributed by atoms with Gasteiger partial charge in [-0.2, -0.15) is 0 Å². The first-order valence-corrected chi connectivity index (χ1v) is 12.8. The van der Waals surface area contributed by atoms with E-state index in [1.165, 1.54) is 11.1 Å². The number of aryl methyl sites for hydroxylation is 2. The summed E-state index contributed by atoms with van der Waals surface area (Å²) in [5.41, 5.74) is 9.65. The van der Waals surface area contributed by atoms with Gasteiger partial charge in [-0.1, -0.05) is 73.3 Å². The number of nitrogens with one attached hydrogen (secondary N) is 1. The molecule has 0 amide bonds. The second kappa shape index (κ2) is 11.1. The molecule has 0 radical (unpaired) electrons. The Morgan fingerprint density at radius 1 is 0.763 bits per heavy atom. The summed E-state index contributed by atoms with van der Waals surface area (Å²) in [7, 11) is 0. The molecule has 1 N–H and O–H groups in total. The third kappa shape index (κ3) is 5.33. The normalized spacial score (nSPS) is 12.0. The molecule has 3 heteroatoms. The standard InChI is InChI=1S/C35H32N2O/c1-5-28(34-23-29-15-9-10-20-33(29)38-34)22-21-27(4)37(31-17-7-6-8-18-31)32-19-12-16-30(24-32)36-35-25(2)13-11-14-26(35)3/h5-24,36H,1H2,2-4H3/b27-21+,28-22+. The first kappa shape index (κ1) is 24.9. The smallest absolute Gasteiger partial charge is 0.135 e. The Hall–Kier alpha value is -4.76. The Bertz CT molecular complexity index is 1590. The van der Waals surface area contributed by atoms with E-state index in [0.717, 1.165) is 50.7 Å². The van der Waals surface area contributed by atoms with Gasteiger partial charge in [-0.25, -0.2) is 0 Å². The van der Waals surface area contributed by atoms with Crippen molar-refractivity contribution in [2.24, 2.45) is 0 Å². The molecule has 38 heavy (non-hydrogen) atoms. The van der Waals surface area contributed by atoms with Crippen LogP contribution in [-0.4, -0.2) is 0 Å². The quantitative estimate of drug-likeness (QED) is 0.217. The van der Waals surface area contributed by atoms with Crippen molar-refractivity contribution in [3.8, 4) is 0 Å². The number of rotatable bonds is 8. The van der Waals surface area contributed by atoms with Gasteiger partial charge in [0.1, 0.15) is 11.3 Å². The summed E-state index contributed by atoms with van der Waals surface area (Å²) >= 11 is 0. The molecule has 188 valence electrons. The first-order chi connectivity index (χ1) is 18.5. The highest BCUT2D eigenvalue weighted by atomic mass is 16.3. The van der Waals surface area contributed by atoms with Crippen LogP contribution in [0.3, 0.4) is 0 Å². The number of furan rings is 1. The molecule has 0 aliphatic heterocycles. The summed E-state index contributed by atoms with van der Waals surface area (Å²) in [5, 5.41) is 4.71. The Morgan fingerprint density at radius 3 is 2.18 bits per heavy atom. The number of fused-ring (bicyclic) bond motifs is 1. The summed E-state index contributed by atoms with van der Waals surface area (Å²) in [6.07, 6.45) is 6.01. The molecule has 0 spiro atoms. The Kier molecular flexibility index (Phi) is 7.28. The zero-order chi connectivity index (χ0) is 26.5. The van der Waals surface area contributed by atoms with E-state index in [0.29, 0.717) is 0 Å². The van der Waals surface area contributed by atoms with Gasteiger partial charge in [0.25, 0.3) is 0 Å². The van der Waals surface area contributed by atoms with Crippen LogP contribution in [0.5, 0.6) is 0 Å². The van der Waals surface area contributed by atoms with Crippen molar-refractivity contribution in [2.45, 2.75) is 20.8 Å². The highest BCUT2D eigenvalue weighted by Crippen LogP contribution is 2.33. The molecule has 0 unspecified atom stereocenters. The van der Waals surface area contributed by atoms with Gasteiger partial charge in [0.2, 0.25) is 0 Å². The highest BCUT2D eigenvalue weighted by molar-refractivity contribution is 5.84. The molecule has 0 fully saturated rings. The minimum atomic E-state index is 0.802. The molecule has 5 rings (SSSR count). The van der Waals surface area contributed by atoms with E-state index in [4.69, 9.17) is 4.42 Å². The monoisotopic (exact) mass is 496 g/mol. The molecule has 0 saturated heterocycles. The molecule has 4 aromatic carbocycles. The number of hydrogen-bond acceptors (Lipinski definition) is 3. The van der Waals surface area contributed by atoms with Crippen LogP contribution < -0.4 is 10.2 Å². The average molecular weight is 497 g/mol. The fraction of sp³-hybridized carbons (Fsp3) is 0.0857. The van der Waals surface area contributed by atoms with E-state index in [-0.39, 0.29) is 0 Å². The number of para-hydroxylation sites is 3. The van der Waals surface area contributed by atoms with Gasteiger partial charge in [-0.3, -0.25) is 0 Å². The Morgan fingerprint density at radius 2 is 1.45 bits per heavy atom. The maximum absolute atomic E-state index is 6.08. The second-order valence-electron chi connectivity index (χ2n) is 9.40. The molecule has 5 aromatic rings. The van der Waals surface area contributed by atoms with E-state index in [1.807, 2.05) is 30.3 Å². The van der Waals surface area contributed by atoms with Crippen molar-refractivity contribution in [1.29, 1.82) is 0 Å². The van der Waals surface area contributed by atoms with Crippen molar-refractivity contribution in [1.82, 2.24) is 0 Å². The second-order valence-corrected chi connectivity index (χ2v) is 9.40. The average Bonchev–Trinajstić information content (AvgIpc) is 3.36. The van der Waals surface area contributed by atoms with Crippen molar-refractivity contribution < 1.29 is 4.42 Å². The summed E-state index contributed by atoms with van der Waals surface area (Å²) in [6, 6.07) is 35.4. The van der Waals surface area contributed by atoms with Crippen LogP contribution in [0.4, 0.5) is 22.7 Å². The van der Waals surface area contributed by atoms with Gasteiger partial charge in [0.15, 0.2) is 0 Å². The van der Waals surface area contributed by atoms with Gasteiger partial charge < -0.3 is 14.6 Å². The van der Waals surface area contributed by atoms with Gasteiger partial charge in [-0.05, 0) is 86.5 Å². The van der Waals surface area contributed by atoms with E-state index in [9.17, 15) is 0 Å². The predicted octanol–water partition coefficient (Wildman–Crippen LogP) is 10.1. The van der Waals surface area contributed by atoms with Gasteiger partial charge in [0.05, 0.1) is 0 Å². The number of hydrogen-bond donors (Lipinski definition) is 1. The largest absolute Gasteiger partial charge is 0.456 e. The maximum Gasteiger partial charge on any atom is 0.135 e. The fourth-order valence-corrected chi connectivity index (χ4v) is 4.67. The van der Waals surface area contributed by atoms with Gasteiger partial charge in [-0.15, -0.1) is 0 Å². The van der Waals surface area contributed by atoms with Crippen molar-refractivity contribution in [2.75, 3.05) is 10.2 Å².